The van der Waals surface area contributed by atoms with Gasteiger partial charge in [0.2, 0.25) is 5.91 Å². The molecule has 1 amide bonds. The van der Waals surface area contributed by atoms with Crippen LogP contribution in [0.3, 0.4) is 0 Å². The van der Waals surface area contributed by atoms with Crippen molar-refractivity contribution in [3.05, 3.63) is 60.2 Å². The van der Waals surface area contributed by atoms with Crippen LogP contribution < -0.4 is 10.2 Å². The summed E-state index contributed by atoms with van der Waals surface area (Å²) in [6.45, 7) is 4.13. The summed E-state index contributed by atoms with van der Waals surface area (Å²) >= 11 is 0. The Bertz CT molecular complexity index is 639. The molecule has 2 aromatic rings. The zero-order chi connectivity index (χ0) is 14.8. The Balaban J connectivity index is 2.05. The van der Waals surface area contributed by atoms with Crippen LogP contribution in [-0.4, -0.2) is 11.9 Å². The molecule has 0 saturated carbocycles. The maximum atomic E-state index is 12.7. The van der Waals surface area contributed by atoms with Crippen molar-refractivity contribution in [3.63, 3.8) is 0 Å². The fraction of sp³-hybridized carbons (Fsp3) is 0.278. The lowest BCUT2D eigenvalue weighted by Gasteiger charge is -2.29. The number of hydrogen-bond donors (Lipinski definition) is 1. The molecular weight excluding hydrogens is 260 g/mol. The van der Waals surface area contributed by atoms with E-state index in [0.717, 1.165) is 16.9 Å². The van der Waals surface area contributed by atoms with E-state index in [2.05, 4.69) is 24.4 Å². The molecule has 1 aliphatic heterocycles. The highest BCUT2D eigenvalue weighted by Gasteiger charge is 2.29. The minimum Gasteiger partial charge on any atom is -0.380 e. The number of benzene rings is 2. The van der Waals surface area contributed by atoms with Gasteiger partial charge >= 0.3 is 0 Å². The van der Waals surface area contributed by atoms with Gasteiger partial charge in [0.25, 0.3) is 0 Å². The molecule has 0 radical (unpaired) electrons. The van der Waals surface area contributed by atoms with E-state index in [1.54, 1.807) is 0 Å². The quantitative estimate of drug-likeness (QED) is 0.902. The summed E-state index contributed by atoms with van der Waals surface area (Å²) in [6, 6.07) is 18.4. The van der Waals surface area contributed by atoms with E-state index < -0.39 is 0 Å². The smallest absolute Gasteiger partial charge is 0.229 e. The number of amides is 1. The predicted octanol–water partition coefficient (Wildman–Crippen LogP) is 3.98. The molecular formula is C18H20N2O. The average molecular weight is 280 g/mol. The lowest BCUT2D eigenvalue weighted by Crippen LogP contribution is -2.34. The molecule has 0 aromatic heterocycles. The first-order valence-electron chi connectivity index (χ1n) is 7.39. The van der Waals surface area contributed by atoms with E-state index in [4.69, 9.17) is 0 Å². The van der Waals surface area contributed by atoms with E-state index in [-0.39, 0.29) is 18.0 Å². The highest BCUT2D eigenvalue weighted by atomic mass is 16.2. The molecule has 0 saturated heterocycles. The van der Waals surface area contributed by atoms with Gasteiger partial charge in [0, 0.05) is 12.5 Å². The SMILES string of the molecule is C[C@@H]1CC(=O)N([C@H](C)c2ccccc2)c2ccccc2N1. The molecule has 1 heterocycles. The van der Waals surface area contributed by atoms with Crippen LogP contribution in [0, 0.1) is 0 Å². The number of fused-ring (bicyclic) bond motifs is 1. The maximum Gasteiger partial charge on any atom is 0.229 e. The largest absolute Gasteiger partial charge is 0.380 e. The molecule has 0 bridgehead atoms. The normalized spacial score (nSPS) is 19.4. The first-order valence-corrected chi connectivity index (χ1v) is 7.39. The van der Waals surface area contributed by atoms with E-state index in [1.165, 1.54) is 0 Å². The van der Waals surface area contributed by atoms with Gasteiger partial charge in [-0.2, -0.15) is 0 Å². The third-order valence-corrected chi connectivity index (χ3v) is 3.98. The van der Waals surface area contributed by atoms with Crippen molar-refractivity contribution in [2.24, 2.45) is 0 Å². The van der Waals surface area contributed by atoms with Crippen LogP contribution in [0.25, 0.3) is 0 Å². The van der Waals surface area contributed by atoms with Gasteiger partial charge < -0.3 is 10.2 Å². The molecule has 3 heteroatoms. The van der Waals surface area contributed by atoms with Crippen molar-refractivity contribution >= 4 is 17.3 Å². The fourth-order valence-electron chi connectivity index (χ4n) is 2.92. The summed E-state index contributed by atoms with van der Waals surface area (Å²) in [5, 5.41) is 3.43. The van der Waals surface area contributed by atoms with E-state index in [1.807, 2.05) is 54.3 Å². The summed E-state index contributed by atoms with van der Waals surface area (Å²) in [7, 11) is 0. The molecule has 3 rings (SSSR count). The van der Waals surface area contributed by atoms with E-state index in [0.29, 0.717) is 6.42 Å². The van der Waals surface area contributed by atoms with Gasteiger partial charge in [-0.15, -0.1) is 0 Å². The van der Waals surface area contributed by atoms with Crippen LogP contribution in [0.2, 0.25) is 0 Å². The number of nitrogens with one attached hydrogen (secondary N) is 1. The first-order chi connectivity index (χ1) is 10.2. The number of carbonyl (C=O) groups excluding carboxylic acids is 1. The highest BCUT2D eigenvalue weighted by Crippen LogP contribution is 2.36. The Labute approximate surface area is 125 Å². The van der Waals surface area contributed by atoms with Gasteiger partial charge in [-0.3, -0.25) is 4.79 Å². The average Bonchev–Trinajstić information content (AvgIpc) is 2.62. The minimum atomic E-state index is 0.0203. The van der Waals surface area contributed by atoms with Crippen LogP contribution in [0.15, 0.2) is 54.6 Å². The molecule has 21 heavy (non-hydrogen) atoms. The number of carbonyl (C=O) groups is 1. The third kappa shape index (κ3) is 2.64. The van der Waals surface area contributed by atoms with Crippen molar-refractivity contribution in [1.29, 1.82) is 0 Å². The van der Waals surface area contributed by atoms with Crippen molar-refractivity contribution in [1.82, 2.24) is 0 Å². The second-order valence-electron chi connectivity index (χ2n) is 5.62. The molecule has 3 nitrogen and oxygen atoms in total. The van der Waals surface area contributed by atoms with Crippen LogP contribution in [-0.2, 0) is 4.79 Å². The predicted molar refractivity (Wildman–Crippen MR) is 86.5 cm³/mol. The monoisotopic (exact) mass is 280 g/mol. The van der Waals surface area contributed by atoms with Gasteiger partial charge in [0.15, 0.2) is 0 Å². The maximum absolute atomic E-state index is 12.7. The number of rotatable bonds is 2. The van der Waals surface area contributed by atoms with Gasteiger partial charge in [-0.25, -0.2) is 0 Å². The standard InChI is InChI=1S/C18H20N2O/c1-13-12-18(21)20(14(2)15-8-4-3-5-9-15)17-11-7-6-10-16(17)19-13/h3-11,13-14,19H,12H2,1-2H3/t13-,14-/m1/s1. The molecule has 0 unspecified atom stereocenters. The van der Waals surface area contributed by atoms with Crippen LogP contribution in [0.4, 0.5) is 11.4 Å². The Hall–Kier alpha value is -2.29. The molecule has 2 atom stereocenters. The number of nitrogens with zero attached hydrogens (tertiary/aromatic N) is 1. The van der Waals surface area contributed by atoms with Crippen LogP contribution in [0.5, 0.6) is 0 Å². The van der Waals surface area contributed by atoms with Crippen molar-refractivity contribution < 1.29 is 4.79 Å². The Kier molecular flexibility index (Phi) is 3.65. The summed E-state index contributed by atoms with van der Waals surface area (Å²) in [5.41, 5.74) is 3.14. The van der Waals surface area contributed by atoms with Crippen LogP contribution >= 0.6 is 0 Å². The molecule has 108 valence electrons. The Morgan fingerprint density at radius 1 is 1.10 bits per heavy atom. The summed E-state index contributed by atoms with van der Waals surface area (Å²) in [6.07, 6.45) is 0.506. The van der Waals surface area contributed by atoms with Crippen molar-refractivity contribution in [2.75, 3.05) is 10.2 Å². The third-order valence-electron chi connectivity index (χ3n) is 3.98. The molecule has 1 aliphatic rings. The van der Waals surface area contributed by atoms with Gasteiger partial charge in [0.05, 0.1) is 17.4 Å². The first kappa shape index (κ1) is 13.7. The second kappa shape index (κ2) is 5.60. The molecule has 0 spiro atoms. The number of anilines is 2. The Morgan fingerprint density at radius 2 is 1.76 bits per heavy atom. The number of para-hydroxylation sites is 2. The molecule has 0 aliphatic carbocycles. The zero-order valence-corrected chi connectivity index (χ0v) is 12.4. The summed E-state index contributed by atoms with van der Waals surface area (Å²) in [5.74, 6) is 0.163. The summed E-state index contributed by atoms with van der Waals surface area (Å²) in [4.78, 5) is 14.6. The van der Waals surface area contributed by atoms with Gasteiger partial charge in [-0.1, -0.05) is 42.5 Å². The number of hydrogen-bond acceptors (Lipinski definition) is 2. The molecule has 0 fully saturated rings. The van der Waals surface area contributed by atoms with Crippen LogP contribution in [0.1, 0.15) is 31.9 Å². The lowest BCUT2D eigenvalue weighted by atomic mass is 10.1. The van der Waals surface area contributed by atoms with E-state index in [9.17, 15) is 4.79 Å². The Morgan fingerprint density at radius 3 is 2.52 bits per heavy atom. The van der Waals surface area contributed by atoms with Gasteiger partial charge in [0.1, 0.15) is 0 Å². The summed E-state index contributed by atoms with van der Waals surface area (Å²) < 4.78 is 0. The zero-order valence-electron chi connectivity index (χ0n) is 12.4. The second-order valence-corrected chi connectivity index (χ2v) is 5.62. The molecule has 1 N–H and O–H groups in total. The highest BCUT2D eigenvalue weighted by molar-refractivity contribution is 5.99. The fourth-order valence-corrected chi connectivity index (χ4v) is 2.92. The van der Waals surface area contributed by atoms with Crippen molar-refractivity contribution in [3.8, 4) is 0 Å². The minimum absolute atomic E-state index is 0.0203. The van der Waals surface area contributed by atoms with Gasteiger partial charge in [-0.05, 0) is 31.5 Å². The molecule has 2 aromatic carbocycles. The lowest BCUT2D eigenvalue weighted by molar-refractivity contribution is -0.119. The topological polar surface area (TPSA) is 32.3 Å². The van der Waals surface area contributed by atoms with Crippen molar-refractivity contribution in [2.45, 2.75) is 32.4 Å². The van der Waals surface area contributed by atoms with E-state index >= 15 is 0 Å².